The standard InChI is InChI=1S/C12H26N2O/c1-10(2)12(6-8-15)13-11-5-4-7-14(3)9-11/h10-13,15H,4-9H2,1-3H3. The van der Waals surface area contributed by atoms with Crippen LogP contribution in [0, 0.1) is 5.92 Å². The van der Waals surface area contributed by atoms with Gasteiger partial charge in [-0.25, -0.2) is 0 Å². The Morgan fingerprint density at radius 3 is 2.73 bits per heavy atom. The highest BCUT2D eigenvalue weighted by atomic mass is 16.3. The average molecular weight is 214 g/mol. The minimum absolute atomic E-state index is 0.290. The Labute approximate surface area is 93.9 Å². The Bertz CT molecular complexity index is 173. The van der Waals surface area contributed by atoms with Gasteiger partial charge in [-0.15, -0.1) is 0 Å². The molecule has 2 N–H and O–H groups in total. The summed E-state index contributed by atoms with van der Waals surface area (Å²) in [6.07, 6.45) is 3.44. The molecular formula is C12H26N2O. The molecule has 3 nitrogen and oxygen atoms in total. The lowest BCUT2D eigenvalue weighted by Gasteiger charge is -2.34. The summed E-state index contributed by atoms with van der Waals surface area (Å²) in [5, 5.41) is 12.7. The van der Waals surface area contributed by atoms with E-state index in [-0.39, 0.29) is 0 Å². The Hall–Kier alpha value is -0.120. The van der Waals surface area contributed by atoms with Crippen LogP contribution in [0.3, 0.4) is 0 Å². The summed E-state index contributed by atoms with van der Waals surface area (Å²) in [4.78, 5) is 2.39. The Balaban J connectivity index is 2.35. The van der Waals surface area contributed by atoms with Gasteiger partial charge in [0, 0.05) is 25.2 Å². The third-order valence-electron chi connectivity index (χ3n) is 3.32. The molecular weight excluding hydrogens is 188 g/mol. The van der Waals surface area contributed by atoms with E-state index in [1.54, 1.807) is 0 Å². The molecule has 1 aliphatic heterocycles. The van der Waals surface area contributed by atoms with Crippen molar-refractivity contribution in [1.29, 1.82) is 0 Å². The topological polar surface area (TPSA) is 35.5 Å². The second-order valence-corrected chi connectivity index (χ2v) is 5.13. The molecule has 15 heavy (non-hydrogen) atoms. The zero-order chi connectivity index (χ0) is 11.3. The molecule has 0 saturated carbocycles. The second-order valence-electron chi connectivity index (χ2n) is 5.13. The monoisotopic (exact) mass is 214 g/mol. The maximum atomic E-state index is 9.02. The van der Waals surface area contributed by atoms with Gasteiger partial charge in [0.15, 0.2) is 0 Å². The van der Waals surface area contributed by atoms with Crippen molar-refractivity contribution in [3.63, 3.8) is 0 Å². The average Bonchev–Trinajstić information content (AvgIpc) is 2.17. The first kappa shape index (κ1) is 12.9. The van der Waals surface area contributed by atoms with Gasteiger partial charge in [-0.2, -0.15) is 0 Å². The smallest absolute Gasteiger partial charge is 0.0445 e. The molecule has 0 spiro atoms. The number of nitrogens with one attached hydrogen (secondary N) is 1. The van der Waals surface area contributed by atoms with E-state index < -0.39 is 0 Å². The first-order valence-corrected chi connectivity index (χ1v) is 6.19. The highest BCUT2D eigenvalue weighted by Crippen LogP contribution is 2.12. The fourth-order valence-corrected chi connectivity index (χ4v) is 2.35. The zero-order valence-electron chi connectivity index (χ0n) is 10.4. The Morgan fingerprint density at radius 2 is 2.20 bits per heavy atom. The maximum absolute atomic E-state index is 9.02. The lowest BCUT2D eigenvalue weighted by atomic mass is 9.98. The van der Waals surface area contributed by atoms with Gasteiger partial charge in [-0.3, -0.25) is 0 Å². The lowest BCUT2D eigenvalue weighted by Crippen LogP contribution is -2.49. The van der Waals surface area contributed by atoms with E-state index >= 15 is 0 Å². The van der Waals surface area contributed by atoms with Gasteiger partial charge in [-0.1, -0.05) is 13.8 Å². The van der Waals surface area contributed by atoms with Crippen LogP contribution in [0.1, 0.15) is 33.1 Å². The van der Waals surface area contributed by atoms with Crippen LogP contribution in [0.15, 0.2) is 0 Å². The number of piperidine rings is 1. The molecule has 0 bridgehead atoms. The number of nitrogens with zero attached hydrogens (tertiary/aromatic N) is 1. The second kappa shape index (κ2) is 6.46. The van der Waals surface area contributed by atoms with E-state index in [0.29, 0.717) is 24.6 Å². The van der Waals surface area contributed by atoms with E-state index in [2.05, 4.69) is 31.1 Å². The quantitative estimate of drug-likeness (QED) is 0.719. The van der Waals surface area contributed by atoms with Gasteiger partial charge in [0.05, 0.1) is 0 Å². The van der Waals surface area contributed by atoms with E-state index in [4.69, 9.17) is 5.11 Å². The van der Waals surface area contributed by atoms with E-state index in [9.17, 15) is 0 Å². The van der Waals surface area contributed by atoms with E-state index in [1.165, 1.54) is 19.4 Å². The number of hydrogen-bond donors (Lipinski definition) is 2. The summed E-state index contributed by atoms with van der Waals surface area (Å²) in [6.45, 7) is 7.11. The number of hydrogen-bond acceptors (Lipinski definition) is 3. The Morgan fingerprint density at radius 1 is 1.47 bits per heavy atom. The minimum Gasteiger partial charge on any atom is -0.396 e. The largest absolute Gasteiger partial charge is 0.396 e. The van der Waals surface area contributed by atoms with Crippen LogP contribution in [0.2, 0.25) is 0 Å². The number of likely N-dealkylation sites (tertiary alicyclic amines) is 1. The molecule has 0 aromatic heterocycles. The molecule has 3 heteroatoms. The molecule has 1 rings (SSSR count). The zero-order valence-corrected chi connectivity index (χ0v) is 10.4. The molecule has 2 atom stereocenters. The SMILES string of the molecule is CC(C)C(CCO)NC1CCCN(C)C1. The predicted octanol–water partition coefficient (Wildman–Crippen LogP) is 1.08. The summed E-state index contributed by atoms with van der Waals surface area (Å²) in [7, 11) is 2.18. The van der Waals surface area contributed by atoms with Crippen molar-refractivity contribution >= 4 is 0 Å². The van der Waals surface area contributed by atoms with Gasteiger partial charge in [0.1, 0.15) is 0 Å². The van der Waals surface area contributed by atoms with Crippen LogP contribution < -0.4 is 5.32 Å². The number of likely N-dealkylation sites (N-methyl/N-ethyl adjacent to an activating group) is 1. The van der Waals surface area contributed by atoms with Crippen LogP contribution in [-0.2, 0) is 0 Å². The van der Waals surface area contributed by atoms with Crippen molar-refractivity contribution in [3.05, 3.63) is 0 Å². The minimum atomic E-state index is 0.290. The van der Waals surface area contributed by atoms with Crippen molar-refractivity contribution in [2.24, 2.45) is 5.92 Å². The van der Waals surface area contributed by atoms with Gasteiger partial charge in [0.2, 0.25) is 0 Å². The molecule has 1 saturated heterocycles. The van der Waals surface area contributed by atoms with Crippen LogP contribution >= 0.6 is 0 Å². The highest BCUT2D eigenvalue weighted by molar-refractivity contribution is 4.81. The van der Waals surface area contributed by atoms with Crippen molar-refractivity contribution in [2.75, 3.05) is 26.7 Å². The third kappa shape index (κ3) is 4.49. The lowest BCUT2D eigenvalue weighted by molar-refractivity contribution is 0.186. The van der Waals surface area contributed by atoms with Crippen LogP contribution in [0.25, 0.3) is 0 Å². The maximum Gasteiger partial charge on any atom is 0.0445 e. The molecule has 1 aliphatic rings. The van der Waals surface area contributed by atoms with E-state index in [0.717, 1.165) is 13.0 Å². The van der Waals surface area contributed by atoms with Crippen LogP contribution in [-0.4, -0.2) is 48.8 Å². The molecule has 1 fully saturated rings. The first-order chi connectivity index (χ1) is 7.13. The Kier molecular flexibility index (Phi) is 5.58. The van der Waals surface area contributed by atoms with Crippen LogP contribution in [0.5, 0.6) is 0 Å². The molecule has 1 heterocycles. The highest BCUT2D eigenvalue weighted by Gasteiger charge is 2.21. The summed E-state index contributed by atoms with van der Waals surface area (Å²) < 4.78 is 0. The van der Waals surface area contributed by atoms with Gasteiger partial charge in [0.25, 0.3) is 0 Å². The molecule has 2 unspecified atom stereocenters. The number of aliphatic hydroxyl groups is 1. The van der Waals surface area contributed by atoms with Crippen LogP contribution in [0.4, 0.5) is 0 Å². The van der Waals surface area contributed by atoms with Gasteiger partial charge in [-0.05, 0) is 38.8 Å². The summed E-state index contributed by atoms with van der Waals surface area (Å²) in [5.41, 5.74) is 0. The summed E-state index contributed by atoms with van der Waals surface area (Å²) in [6, 6.07) is 1.08. The third-order valence-corrected chi connectivity index (χ3v) is 3.32. The first-order valence-electron chi connectivity index (χ1n) is 6.19. The molecule has 0 radical (unpaired) electrons. The molecule has 0 amide bonds. The van der Waals surface area contributed by atoms with Crippen molar-refractivity contribution in [3.8, 4) is 0 Å². The van der Waals surface area contributed by atoms with Crippen molar-refractivity contribution < 1.29 is 5.11 Å². The van der Waals surface area contributed by atoms with Crippen molar-refractivity contribution in [2.45, 2.75) is 45.2 Å². The van der Waals surface area contributed by atoms with E-state index in [1.807, 2.05) is 0 Å². The molecule has 0 aromatic rings. The summed E-state index contributed by atoms with van der Waals surface area (Å²) >= 11 is 0. The molecule has 0 aliphatic carbocycles. The summed E-state index contributed by atoms with van der Waals surface area (Å²) in [5.74, 6) is 0.601. The fraction of sp³-hybridized carbons (Fsp3) is 1.00. The van der Waals surface area contributed by atoms with Gasteiger partial charge >= 0.3 is 0 Å². The predicted molar refractivity (Wildman–Crippen MR) is 64.0 cm³/mol. The van der Waals surface area contributed by atoms with Crippen molar-refractivity contribution in [1.82, 2.24) is 10.2 Å². The number of rotatable bonds is 5. The fourth-order valence-electron chi connectivity index (χ4n) is 2.35. The molecule has 90 valence electrons. The van der Waals surface area contributed by atoms with Gasteiger partial charge < -0.3 is 15.3 Å². The molecule has 0 aromatic carbocycles. The normalized spacial score (nSPS) is 25.8. The number of aliphatic hydroxyl groups excluding tert-OH is 1.